The fraction of sp³-hybridized carbons (Fsp3) is 0.312. The number of benzene rings is 1. The standard InChI is InChI=1S/C16H14ClF3N2O2S/c17-12-3-4-15(13(10-12)16(18,19)20)25(23,24)22-9-1-2-14(22)11-5-7-21-8-6-11/h3-8,10,14H,1-2,9H2/t14-/m0/s1. The summed E-state index contributed by atoms with van der Waals surface area (Å²) >= 11 is 5.64. The fourth-order valence-corrected chi connectivity index (χ4v) is 5.07. The minimum atomic E-state index is -4.82. The van der Waals surface area contributed by atoms with E-state index in [2.05, 4.69) is 4.98 Å². The Morgan fingerprint density at radius 1 is 1.16 bits per heavy atom. The summed E-state index contributed by atoms with van der Waals surface area (Å²) in [4.78, 5) is 3.11. The van der Waals surface area contributed by atoms with Crippen LogP contribution in [0.15, 0.2) is 47.6 Å². The predicted molar refractivity (Wildman–Crippen MR) is 86.6 cm³/mol. The summed E-state index contributed by atoms with van der Waals surface area (Å²) in [6, 6.07) is 5.55. The Balaban J connectivity index is 2.08. The first-order chi connectivity index (χ1) is 11.7. The molecule has 134 valence electrons. The highest BCUT2D eigenvalue weighted by Gasteiger charge is 2.42. The van der Waals surface area contributed by atoms with Crippen molar-refractivity contribution in [2.45, 2.75) is 30.0 Å². The second kappa shape index (κ2) is 6.59. The summed E-state index contributed by atoms with van der Waals surface area (Å²) in [5.74, 6) is 0. The van der Waals surface area contributed by atoms with Gasteiger partial charge in [0.2, 0.25) is 10.0 Å². The molecule has 0 N–H and O–H groups in total. The molecule has 0 radical (unpaired) electrons. The maximum absolute atomic E-state index is 13.3. The third-order valence-electron chi connectivity index (χ3n) is 4.13. The van der Waals surface area contributed by atoms with Crippen molar-refractivity contribution < 1.29 is 21.6 Å². The van der Waals surface area contributed by atoms with Crippen molar-refractivity contribution in [2.24, 2.45) is 0 Å². The summed E-state index contributed by atoms with van der Waals surface area (Å²) < 4.78 is 67.0. The van der Waals surface area contributed by atoms with Crippen LogP contribution in [0.4, 0.5) is 13.2 Å². The largest absolute Gasteiger partial charge is 0.417 e. The summed E-state index contributed by atoms with van der Waals surface area (Å²) in [5, 5.41) is -0.168. The van der Waals surface area contributed by atoms with E-state index in [1.807, 2.05) is 0 Å². The van der Waals surface area contributed by atoms with Crippen molar-refractivity contribution in [1.29, 1.82) is 0 Å². The van der Waals surface area contributed by atoms with Crippen LogP contribution in [-0.2, 0) is 16.2 Å². The number of halogens is 4. The minimum Gasteiger partial charge on any atom is -0.265 e. The maximum Gasteiger partial charge on any atom is 0.417 e. The van der Waals surface area contributed by atoms with Crippen LogP contribution >= 0.6 is 11.6 Å². The number of hydrogen-bond acceptors (Lipinski definition) is 3. The molecule has 1 aliphatic rings. The third-order valence-corrected chi connectivity index (χ3v) is 6.33. The van der Waals surface area contributed by atoms with Gasteiger partial charge in [0.05, 0.1) is 16.5 Å². The Morgan fingerprint density at radius 3 is 2.48 bits per heavy atom. The monoisotopic (exact) mass is 390 g/mol. The molecule has 1 aliphatic heterocycles. The first-order valence-corrected chi connectivity index (χ1v) is 9.31. The molecule has 0 saturated carbocycles. The lowest BCUT2D eigenvalue weighted by molar-refractivity contribution is -0.139. The highest BCUT2D eigenvalue weighted by Crippen LogP contribution is 2.41. The number of pyridine rings is 1. The molecular weight excluding hydrogens is 377 g/mol. The van der Waals surface area contributed by atoms with Gasteiger partial charge < -0.3 is 0 Å². The van der Waals surface area contributed by atoms with E-state index in [0.29, 0.717) is 24.5 Å². The molecule has 0 bridgehead atoms. The summed E-state index contributed by atoms with van der Waals surface area (Å²) in [6.45, 7) is 0.162. The van der Waals surface area contributed by atoms with Crippen molar-refractivity contribution in [3.05, 3.63) is 58.9 Å². The fourth-order valence-electron chi connectivity index (χ4n) is 3.02. The van der Waals surface area contributed by atoms with Crippen molar-refractivity contribution in [3.63, 3.8) is 0 Å². The van der Waals surface area contributed by atoms with Crippen LogP contribution in [0, 0.1) is 0 Å². The van der Waals surface area contributed by atoms with Crippen LogP contribution in [-0.4, -0.2) is 24.3 Å². The lowest BCUT2D eigenvalue weighted by atomic mass is 10.1. The van der Waals surface area contributed by atoms with E-state index in [9.17, 15) is 21.6 Å². The third kappa shape index (κ3) is 3.51. The second-order valence-electron chi connectivity index (χ2n) is 5.69. The van der Waals surface area contributed by atoms with E-state index in [4.69, 9.17) is 11.6 Å². The number of aromatic nitrogens is 1. The Morgan fingerprint density at radius 2 is 1.84 bits per heavy atom. The smallest absolute Gasteiger partial charge is 0.265 e. The highest BCUT2D eigenvalue weighted by atomic mass is 35.5. The molecule has 0 unspecified atom stereocenters. The Hall–Kier alpha value is -1.64. The van der Waals surface area contributed by atoms with Gasteiger partial charge >= 0.3 is 6.18 Å². The van der Waals surface area contributed by atoms with E-state index < -0.39 is 32.7 Å². The van der Waals surface area contributed by atoms with Crippen molar-refractivity contribution >= 4 is 21.6 Å². The van der Waals surface area contributed by atoms with Gasteiger partial charge in [-0.05, 0) is 48.7 Å². The molecule has 1 aromatic heterocycles. The quantitative estimate of drug-likeness (QED) is 0.786. The average molecular weight is 391 g/mol. The van der Waals surface area contributed by atoms with Gasteiger partial charge in [0.1, 0.15) is 0 Å². The van der Waals surface area contributed by atoms with Crippen molar-refractivity contribution in [2.75, 3.05) is 6.54 Å². The molecule has 1 saturated heterocycles. The first-order valence-electron chi connectivity index (χ1n) is 7.50. The molecule has 3 rings (SSSR count). The maximum atomic E-state index is 13.3. The summed E-state index contributed by atoms with van der Waals surface area (Å²) in [5.41, 5.74) is -0.543. The Labute approximate surface area is 148 Å². The van der Waals surface area contributed by atoms with E-state index >= 15 is 0 Å². The van der Waals surface area contributed by atoms with E-state index in [1.165, 1.54) is 12.4 Å². The molecule has 0 amide bonds. The average Bonchev–Trinajstić information content (AvgIpc) is 3.05. The Kier molecular flexibility index (Phi) is 4.78. The molecule has 1 atom stereocenters. The number of nitrogens with zero attached hydrogens (tertiary/aromatic N) is 2. The van der Waals surface area contributed by atoms with Crippen LogP contribution in [0.2, 0.25) is 5.02 Å². The van der Waals surface area contributed by atoms with E-state index in [-0.39, 0.29) is 11.6 Å². The van der Waals surface area contributed by atoms with Crippen molar-refractivity contribution in [1.82, 2.24) is 9.29 Å². The van der Waals surface area contributed by atoms with Gasteiger partial charge in [0.15, 0.2) is 0 Å². The zero-order valence-electron chi connectivity index (χ0n) is 12.9. The number of hydrogen-bond donors (Lipinski definition) is 0. The van der Waals surface area contributed by atoms with E-state index in [0.717, 1.165) is 16.4 Å². The van der Waals surface area contributed by atoms with Gasteiger partial charge in [0, 0.05) is 24.0 Å². The molecule has 2 heterocycles. The lowest BCUT2D eigenvalue weighted by Crippen LogP contribution is -2.32. The van der Waals surface area contributed by atoms with Gasteiger partial charge in [-0.15, -0.1) is 0 Å². The molecule has 1 aromatic carbocycles. The van der Waals surface area contributed by atoms with Gasteiger partial charge in [-0.3, -0.25) is 4.98 Å². The summed E-state index contributed by atoms with van der Waals surface area (Å²) in [7, 11) is -4.33. The highest BCUT2D eigenvalue weighted by molar-refractivity contribution is 7.89. The number of sulfonamides is 1. The van der Waals surface area contributed by atoms with Crippen LogP contribution < -0.4 is 0 Å². The normalized spacial score (nSPS) is 19.3. The number of alkyl halides is 3. The molecule has 25 heavy (non-hydrogen) atoms. The Bertz CT molecular complexity index is 873. The SMILES string of the molecule is O=S(=O)(c1ccc(Cl)cc1C(F)(F)F)N1CCC[C@H]1c1ccncc1. The van der Waals surface area contributed by atoms with Gasteiger partial charge in [-0.1, -0.05) is 11.6 Å². The molecule has 2 aromatic rings. The van der Waals surface area contributed by atoms with E-state index in [1.54, 1.807) is 12.1 Å². The van der Waals surface area contributed by atoms with Crippen LogP contribution in [0.3, 0.4) is 0 Å². The molecule has 1 fully saturated rings. The number of rotatable bonds is 3. The second-order valence-corrected chi connectivity index (χ2v) is 7.99. The van der Waals surface area contributed by atoms with Gasteiger partial charge in [0.25, 0.3) is 0 Å². The van der Waals surface area contributed by atoms with Gasteiger partial charge in [-0.2, -0.15) is 17.5 Å². The topological polar surface area (TPSA) is 50.3 Å². The zero-order chi connectivity index (χ0) is 18.2. The molecule has 9 heteroatoms. The predicted octanol–water partition coefficient (Wildman–Crippen LogP) is 4.28. The molecule has 4 nitrogen and oxygen atoms in total. The lowest BCUT2D eigenvalue weighted by Gasteiger charge is -2.26. The first kappa shape index (κ1) is 18.2. The van der Waals surface area contributed by atoms with Crippen LogP contribution in [0.5, 0.6) is 0 Å². The molecular formula is C16H14ClF3N2O2S. The zero-order valence-corrected chi connectivity index (χ0v) is 14.4. The van der Waals surface area contributed by atoms with Crippen LogP contribution in [0.1, 0.15) is 30.0 Å². The summed E-state index contributed by atoms with van der Waals surface area (Å²) in [6.07, 6.45) is -0.650. The van der Waals surface area contributed by atoms with Gasteiger partial charge in [-0.25, -0.2) is 8.42 Å². The van der Waals surface area contributed by atoms with Crippen LogP contribution in [0.25, 0.3) is 0 Å². The minimum absolute atomic E-state index is 0.162. The van der Waals surface area contributed by atoms with Crippen molar-refractivity contribution in [3.8, 4) is 0 Å². The molecule has 0 aliphatic carbocycles. The molecule has 0 spiro atoms.